The first-order chi connectivity index (χ1) is 7.43. The van der Waals surface area contributed by atoms with E-state index in [-0.39, 0.29) is 10.6 Å². The quantitative estimate of drug-likeness (QED) is 0.900. The fourth-order valence-corrected chi connectivity index (χ4v) is 1.59. The van der Waals surface area contributed by atoms with Crippen LogP contribution in [0.1, 0.15) is 17.3 Å². The summed E-state index contributed by atoms with van der Waals surface area (Å²) in [7, 11) is 0. The number of halogens is 2. The predicted octanol–water partition coefficient (Wildman–Crippen LogP) is 2.31. The molecule has 0 saturated carbocycles. The smallest absolute Gasteiger partial charge is 0.325 e. The number of hydrogen-bond donors (Lipinski definition) is 2. The minimum absolute atomic E-state index is 0.240. The van der Waals surface area contributed by atoms with E-state index in [1.165, 1.54) is 13.0 Å². The van der Waals surface area contributed by atoms with Crippen molar-refractivity contribution in [1.82, 2.24) is 5.32 Å². The molecule has 1 atom stereocenters. The second-order valence-electron chi connectivity index (χ2n) is 3.13. The van der Waals surface area contributed by atoms with Gasteiger partial charge in [-0.3, -0.25) is 9.59 Å². The van der Waals surface area contributed by atoms with Gasteiger partial charge in [-0.15, -0.1) is 0 Å². The van der Waals surface area contributed by atoms with Gasteiger partial charge in [0.2, 0.25) is 0 Å². The summed E-state index contributed by atoms with van der Waals surface area (Å²) >= 11 is 9.08. The second-order valence-corrected chi connectivity index (χ2v) is 4.37. The Labute approximate surface area is 106 Å². The minimum Gasteiger partial charge on any atom is -0.480 e. The largest absolute Gasteiger partial charge is 0.480 e. The van der Waals surface area contributed by atoms with E-state index in [1.807, 2.05) is 0 Å². The summed E-state index contributed by atoms with van der Waals surface area (Å²) in [5, 5.41) is 11.2. The van der Waals surface area contributed by atoms with Crippen molar-refractivity contribution in [3.8, 4) is 0 Å². The summed E-state index contributed by atoms with van der Waals surface area (Å²) in [4.78, 5) is 22.2. The van der Waals surface area contributed by atoms with E-state index in [4.69, 9.17) is 16.7 Å². The number of nitrogens with one attached hydrogen (secondary N) is 1. The molecular formula is C10H9BrClNO3. The molecule has 0 radical (unpaired) electrons. The lowest BCUT2D eigenvalue weighted by molar-refractivity contribution is -0.138. The first-order valence-electron chi connectivity index (χ1n) is 4.41. The molecule has 0 aliphatic rings. The van der Waals surface area contributed by atoms with Crippen LogP contribution >= 0.6 is 27.5 Å². The van der Waals surface area contributed by atoms with Gasteiger partial charge in [-0.1, -0.05) is 17.7 Å². The molecule has 0 aliphatic heterocycles. The standard InChI is InChI=1S/C10H9BrClNO3/c1-5(10(15)16)13-9(14)6-3-2-4-7(11)8(6)12/h2-5H,1H3,(H,13,14)(H,15,16). The third-order valence-electron chi connectivity index (χ3n) is 1.91. The van der Waals surface area contributed by atoms with E-state index >= 15 is 0 Å². The molecule has 6 heteroatoms. The molecule has 1 aromatic rings. The van der Waals surface area contributed by atoms with Crippen molar-refractivity contribution < 1.29 is 14.7 Å². The van der Waals surface area contributed by atoms with Gasteiger partial charge < -0.3 is 10.4 Å². The van der Waals surface area contributed by atoms with Crippen LogP contribution in [-0.2, 0) is 4.79 Å². The normalized spacial score (nSPS) is 11.9. The average Bonchev–Trinajstić information content (AvgIpc) is 2.21. The van der Waals surface area contributed by atoms with Crippen molar-refractivity contribution in [2.75, 3.05) is 0 Å². The van der Waals surface area contributed by atoms with Crippen molar-refractivity contribution in [2.45, 2.75) is 13.0 Å². The lowest BCUT2D eigenvalue weighted by Gasteiger charge is -2.10. The monoisotopic (exact) mass is 305 g/mol. The molecule has 1 aromatic carbocycles. The first-order valence-corrected chi connectivity index (χ1v) is 5.58. The zero-order valence-electron chi connectivity index (χ0n) is 8.33. The van der Waals surface area contributed by atoms with Gasteiger partial charge in [0, 0.05) is 4.47 Å². The molecule has 16 heavy (non-hydrogen) atoms. The Hall–Kier alpha value is -1.07. The third kappa shape index (κ3) is 2.96. The van der Waals surface area contributed by atoms with Crippen molar-refractivity contribution >= 4 is 39.4 Å². The van der Waals surface area contributed by atoms with Gasteiger partial charge in [-0.2, -0.15) is 0 Å². The highest BCUT2D eigenvalue weighted by atomic mass is 79.9. The summed E-state index contributed by atoms with van der Waals surface area (Å²) in [6.07, 6.45) is 0. The Kier molecular flexibility index (Phi) is 4.32. The lowest BCUT2D eigenvalue weighted by atomic mass is 10.2. The highest BCUT2D eigenvalue weighted by molar-refractivity contribution is 9.10. The molecule has 0 heterocycles. The summed E-state index contributed by atoms with van der Waals surface area (Å²) < 4.78 is 0.588. The van der Waals surface area contributed by atoms with Crippen LogP contribution in [-0.4, -0.2) is 23.0 Å². The minimum atomic E-state index is -1.10. The highest BCUT2D eigenvalue weighted by Crippen LogP contribution is 2.25. The number of hydrogen-bond acceptors (Lipinski definition) is 2. The maximum absolute atomic E-state index is 11.7. The molecule has 2 N–H and O–H groups in total. The fourth-order valence-electron chi connectivity index (χ4n) is 1.02. The van der Waals surface area contributed by atoms with E-state index in [0.29, 0.717) is 4.47 Å². The van der Waals surface area contributed by atoms with Crippen LogP contribution in [0.15, 0.2) is 22.7 Å². The van der Waals surface area contributed by atoms with Crippen LogP contribution in [0.3, 0.4) is 0 Å². The van der Waals surface area contributed by atoms with E-state index in [1.54, 1.807) is 12.1 Å². The number of aliphatic carboxylic acids is 1. The number of carboxylic acid groups (broad SMARTS) is 1. The molecule has 1 amide bonds. The average molecular weight is 307 g/mol. The predicted molar refractivity (Wildman–Crippen MR) is 63.7 cm³/mol. The van der Waals surface area contributed by atoms with E-state index < -0.39 is 17.9 Å². The van der Waals surface area contributed by atoms with Crippen LogP contribution in [0.5, 0.6) is 0 Å². The molecular weight excluding hydrogens is 297 g/mol. The molecule has 0 spiro atoms. The van der Waals surface area contributed by atoms with Crippen molar-refractivity contribution in [3.05, 3.63) is 33.3 Å². The molecule has 0 aromatic heterocycles. The number of carbonyl (C=O) groups excluding carboxylic acids is 1. The van der Waals surface area contributed by atoms with Crippen molar-refractivity contribution in [2.24, 2.45) is 0 Å². The van der Waals surface area contributed by atoms with Crippen LogP contribution in [0.25, 0.3) is 0 Å². The lowest BCUT2D eigenvalue weighted by Crippen LogP contribution is -2.38. The van der Waals surface area contributed by atoms with E-state index in [2.05, 4.69) is 21.2 Å². The van der Waals surface area contributed by atoms with Gasteiger partial charge in [0.1, 0.15) is 6.04 Å². The topological polar surface area (TPSA) is 66.4 Å². The highest BCUT2D eigenvalue weighted by Gasteiger charge is 2.17. The van der Waals surface area contributed by atoms with E-state index in [9.17, 15) is 9.59 Å². The van der Waals surface area contributed by atoms with Crippen LogP contribution < -0.4 is 5.32 Å². The molecule has 1 rings (SSSR count). The van der Waals surface area contributed by atoms with Crippen molar-refractivity contribution in [1.29, 1.82) is 0 Å². The number of carboxylic acids is 1. The van der Waals surface area contributed by atoms with Gasteiger partial charge in [-0.05, 0) is 35.0 Å². The molecule has 0 bridgehead atoms. The Balaban J connectivity index is 2.89. The Bertz CT molecular complexity index is 436. The second kappa shape index (κ2) is 5.32. The zero-order valence-corrected chi connectivity index (χ0v) is 10.7. The summed E-state index contributed by atoms with van der Waals surface area (Å²) in [6, 6.07) is 3.91. The molecule has 86 valence electrons. The fraction of sp³-hybridized carbons (Fsp3) is 0.200. The molecule has 1 unspecified atom stereocenters. The zero-order chi connectivity index (χ0) is 12.3. The van der Waals surface area contributed by atoms with Gasteiger partial charge in [0.25, 0.3) is 5.91 Å². The Morgan fingerprint density at radius 2 is 2.12 bits per heavy atom. The van der Waals surface area contributed by atoms with Crippen LogP contribution in [0.2, 0.25) is 5.02 Å². The van der Waals surface area contributed by atoms with Gasteiger partial charge >= 0.3 is 5.97 Å². The molecule has 0 saturated heterocycles. The molecule has 0 aliphatic carbocycles. The summed E-state index contributed by atoms with van der Waals surface area (Å²) in [5.41, 5.74) is 0.240. The Morgan fingerprint density at radius 1 is 1.50 bits per heavy atom. The molecule has 4 nitrogen and oxygen atoms in total. The van der Waals surface area contributed by atoms with Crippen molar-refractivity contribution in [3.63, 3.8) is 0 Å². The molecule has 0 fully saturated rings. The summed E-state index contributed by atoms with van der Waals surface area (Å²) in [5.74, 6) is -1.61. The third-order valence-corrected chi connectivity index (χ3v) is 3.21. The SMILES string of the molecule is CC(NC(=O)c1cccc(Br)c1Cl)C(=O)O. The van der Waals surface area contributed by atoms with Gasteiger partial charge in [0.05, 0.1) is 10.6 Å². The first kappa shape index (κ1) is 13.0. The number of carbonyl (C=O) groups is 2. The van der Waals surface area contributed by atoms with Crippen LogP contribution in [0, 0.1) is 0 Å². The van der Waals surface area contributed by atoms with Crippen LogP contribution in [0.4, 0.5) is 0 Å². The number of amides is 1. The number of rotatable bonds is 3. The van der Waals surface area contributed by atoms with Gasteiger partial charge in [-0.25, -0.2) is 0 Å². The maximum atomic E-state index is 11.7. The number of benzene rings is 1. The van der Waals surface area contributed by atoms with Gasteiger partial charge in [0.15, 0.2) is 0 Å². The van der Waals surface area contributed by atoms with E-state index in [0.717, 1.165) is 0 Å². The maximum Gasteiger partial charge on any atom is 0.325 e. The Morgan fingerprint density at radius 3 is 2.69 bits per heavy atom. The summed E-state index contributed by atoms with van der Waals surface area (Å²) in [6.45, 7) is 1.38.